The molecule has 1 rings (SSSR count). The third-order valence-electron chi connectivity index (χ3n) is 1.67. The van der Waals surface area contributed by atoms with Crippen molar-refractivity contribution in [3.05, 3.63) is 11.6 Å². The lowest BCUT2D eigenvalue weighted by atomic mass is 10.3. The first-order valence-electron chi connectivity index (χ1n) is 3.15. The average molecular weight is 141 g/mol. The summed E-state index contributed by atoms with van der Waals surface area (Å²) in [4.78, 5) is 12.6. The van der Waals surface area contributed by atoms with Crippen LogP contribution in [0.15, 0.2) is 11.6 Å². The summed E-state index contributed by atoms with van der Waals surface area (Å²) >= 11 is 0. The summed E-state index contributed by atoms with van der Waals surface area (Å²) < 4.78 is 4.99. The number of methoxy groups -OCH3 is 1. The Kier molecular flexibility index (Phi) is 1.76. The van der Waals surface area contributed by atoms with Crippen LogP contribution in [0.5, 0.6) is 0 Å². The Balaban J connectivity index is 2.76. The highest BCUT2D eigenvalue weighted by atomic mass is 16.5. The van der Waals surface area contributed by atoms with Crippen LogP contribution in [0.25, 0.3) is 0 Å². The van der Waals surface area contributed by atoms with Crippen LogP contribution >= 0.6 is 0 Å². The first kappa shape index (κ1) is 7.28. The summed E-state index contributed by atoms with van der Waals surface area (Å²) in [5, 5.41) is 0. The van der Waals surface area contributed by atoms with E-state index in [9.17, 15) is 4.79 Å². The zero-order chi connectivity index (χ0) is 7.72. The summed E-state index contributed by atoms with van der Waals surface area (Å²) in [6.45, 7) is 1.79. The van der Waals surface area contributed by atoms with E-state index in [0.29, 0.717) is 0 Å². The molecule has 3 nitrogen and oxygen atoms in total. The zero-order valence-corrected chi connectivity index (χ0v) is 6.42. The molecule has 1 unspecified atom stereocenters. The minimum absolute atomic E-state index is 0.0480. The van der Waals surface area contributed by atoms with Crippen LogP contribution in [0, 0.1) is 0 Å². The molecule has 0 aliphatic carbocycles. The van der Waals surface area contributed by atoms with Crippen LogP contribution in [-0.2, 0) is 9.53 Å². The van der Waals surface area contributed by atoms with Gasteiger partial charge in [0.1, 0.15) is 0 Å². The molecule has 1 heterocycles. The van der Waals surface area contributed by atoms with Gasteiger partial charge in [-0.3, -0.25) is 4.79 Å². The van der Waals surface area contributed by atoms with E-state index in [1.807, 2.05) is 6.08 Å². The van der Waals surface area contributed by atoms with Gasteiger partial charge in [-0.1, -0.05) is 0 Å². The molecule has 1 atom stereocenters. The Morgan fingerprint density at radius 1 is 1.70 bits per heavy atom. The minimum Gasteiger partial charge on any atom is -0.358 e. The molecule has 0 fully saturated rings. The van der Waals surface area contributed by atoms with E-state index in [1.54, 1.807) is 26.0 Å². The summed E-state index contributed by atoms with van der Waals surface area (Å²) in [6.07, 6.45) is 1.65. The lowest BCUT2D eigenvalue weighted by Gasteiger charge is -2.16. The largest absolute Gasteiger partial charge is 0.358 e. The van der Waals surface area contributed by atoms with Crippen molar-refractivity contribution in [2.45, 2.75) is 13.2 Å². The topological polar surface area (TPSA) is 29.5 Å². The van der Waals surface area contributed by atoms with Crippen molar-refractivity contribution in [3.8, 4) is 0 Å². The van der Waals surface area contributed by atoms with Gasteiger partial charge in [-0.05, 0) is 13.0 Å². The fraction of sp³-hybridized carbons (Fsp3) is 0.571. The van der Waals surface area contributed by atoms with Crippen molar-refractivity contribution >= 4 is 5.91 Å². The second-order valence-electron chi connectivity index (χ2n) is 2.39. The summed E-state index contributed by atoms with van der Waals surface area (Å²) in [5.41, 5.74) is 0.759. The van der Waals surface area contributed by atoms with Crippen LogP contribution in [0.3, 0.4) is 0 Å². The molecule has 0 saturated carbocycles. The molecule has 56 valence electrons. The quantitative estimate of drug-likeness (QED) is 0.528. The maximum absolute atomic E-state index is 11.1. The molecule has 0 spiro atoms. The molecule has 1 amide bonds. The molecule has 0 aromatic carbocycles. The lowest BCUT2D eigenvalue weighted by Crippen LogP contribution is -2.31. The van der Waals surface area contributed by atoms with Gasteiger partial charge in [-0.2, -0.15) is 0 Å². The first-order valence-corrected chi connectivity index (χ1v) is 3.15. The van der Waals surface area contributed by atoms with Crippen LogP contribution < -0.4 is 0 Å². The molecular formula is C7H11NO2. The number of carbonyl (C=O) groups is 1. The monoisotopic (exact) mass is 141 g/mol. The standard InChI is InChI=1S/C7H11NO2/c1-5-4-6(10-3)8(2)7(5)9/h4,6H,1-3H3. The van der Waals surface area contributed by atoms with Gasteiger partial charge in [-0.25, -0.2) is 0 Å². The second-order valence-corrected chi connectivity index (χ2v) is 2.39. The number of ether oxygens (including phenoxy) is 1. The summed E-state index contributed by atoms with van der Waals surface area (Å²) in [6, 6.07) is 0. The Labute approximate surface area is 60.3 Å². The highest BCUT2D eigenvalue weighted by molar-refractivity contribution is 5.95. The highest BCUT2D eigenvalue weighted by Crippen LogP contribution is 2.14. The van der Waals surface area contributed by atoms with Crippen LogP contribution in [-0.4, -0.2) is 31.2 Å². The van der Waals surface area contributed by atoms with Gasteiger partial charge in [0, 0.05) is 19.7 Å². The Hall–Kier alpha value is -0.830. The van der Waals surface area contributed by atoms with Crippen molar-refractivity contribution in [1.82, 2.24) is 4.90 Å². The minimum atomic E-state index is -0.160. The first-order chi connectivity index (χ1) is 4.66. The predicted octanol–water partition coefficient (Wildman–Crippen LogP) is 0.377. The number of carbonyl (C=O) groups excluding carboxylic acids is 1. The van der Waals surface area contributed by atoms with Gasteiger partial charge >= 0.3 is 0 Å². The Morgan fingerprint density at radius 2 is 2.30 bits per heavy atom. The summed E-state index contributed by atoms with van der Waals surface area (Å²) in [5.74, 6) is 0.0480. The highest BCUT2D eigenvalue weighted by Gasteiger charge is 2.25. The zero-order valence-electron chi connectivity index (χ0n) is 6.42. The molecular weight excluding hydrogens is 130 g/mol. The maximum Gasteiger partial charge on any atom is 0.251 e. The molecule has 0 aromatic heterocycles. The summed E-state index contributed by atoms with van der Waals surface area (Å²) in [7, 11) is 3.31. The van der Waals surface area contributed by atoms with Crippen molar-refractivity contribution < 1.29 is 9.53 Å². The van der Waals surface area contributed by atoms with Crippen molar-refractivity contribution in [2.24, 2.45) is 0 Å². The second kappa shape index (κ2) is 2.42. The smallest absolute Gasteiger partial charge is 0.251 e. The molecule has 3 heteroatoms. The molecule has 10 heavy (non-hydrogen) atoms. The van der Waals surface area contributed by atoms with Gasteiger partial charge in [0.15, 0.2) is 6.23 Å². The fourth-order valence-electron chi connectivity index (χ4n) is 1.02. The molecule has 0 saturated heterocycles. The third-order valence-corrected chi connectivity index (χ3v) is 1.67. The van der Waals surface area contributed by atoms with E-state index < -0.39 is 0 Å². The predicted molar refractivity (Wildman–Crippen MR) is 37.3 cm³/mol. The number of nitrogens with zero attached hydrogens (tertiary/aromatic N) is 1. The molecule has 0 radical (unpaired) electrons. The Bertz CT molecular complexity index is 186. The number of hydrogen-bond donors (Lipinski definition) is 0. The SMILES string of the molecule is COC1C=C(C)C(=O)N1C. The average Bonchev–Trinajstić information content (AvgIpc) is 2.17. The third kappa shape index (κ3) is 0.926. The number of hydrogen-bond acceptors (Lipinski definition) is 2. The van der Waals surface area contributed by atoms with Crippen molar-refractivity contribution in [3.63, 3.8) is 0 Å². The Morgan fingerprint density at radius 3 is 2.50 bits per heavy atom. The van der Waals surface area contributed by atoms with E-state index in [1.165, 1.54) is 0 Å². The number of likely N-dealkylation sites (N-methyl/N-ethyl adjacent to an activating group) is 1. The van der Waals surface area contributed by atoms with E-state index in [-0.39, 0.29) is 12.1 Å². The van der Waals surface area contributed by atoms with E-state index in [4.69, 9.17) is 4.74 Å². The number of rotatable bonds is 1. The number of amides is 1. The van der Waals surface area contributed by atoms with Gasteiger partial charge in [0.2, 0.25) is 0 Å². The molecule has 0 N–H and O–H groups in total. The van der Waals surface area contributed by atoms with Crippen molar-refractivity contribution in [2.75, 3.05) is 14.2 Å². The van der Waals surface area contributed by atoms with E-state index in [0.717, 1.165) is 5.57 Å². The fourth-order valence-corrected chi connectivity index (χ4v) is 1.02. The normalized spacial score (nSPS) is 25.5. The van der Waals surface area contributed by atoms with Crippen LogP contribution in [0.1, 0.15) is 6.92 Å². The molecule has 0 aromatic rings. The molecule has 1 aliphatic heterocycles. The molecule has 1 aliphatic rings. The molecule has 0 bridgehead atoms. The van der Waals surface area contributed by atoms with Gasteiger partial charge in [0.05, 0.1) is 0 Å². The van der Waals surface area contributed by atoms with Crippen molar-refractivity contribution in [1.29, 1.82) is 0 Å². The lowest BCUT2D eigenvalue weighted by molar-refractivity contribution is -0.130. The van der Waals surface area contributed by atoms with Crippen LogP contribution in [0.2, 0.25) is 0 Å². The van der Waals surface area contributed by atoms with Crippen LogP contribution in [0.4, 0.5) is 0 Å². The van der Waals surface area contributed by atoms with E-state index >= 15 is 0 Å². The van der Waals surface area contributed by atoms with E-state index in [2.05, 4.69) is 0 Å². The van der Waals surface area contributed by atoms with Gasteiger partial charge in [0.25, 0.3) is 5.91 Å². The van der Waals surface area contributed by atoms with Gasteiger partial charge < -0.3 is 9.64 Å². The maximum atomic E-state index is 11.1. The van der Waals surface area contributed by atoms with Gasteiger partial charge in [-0.15, -0.1) is 0 Å².